The minimum Gasteiger partial charge on any atom is -0.292 e. The summed E-state index contributed by atoms with van der Waals surface area (Å²) in [6.45, 7) is 1.78. The summed E-state index contributed by atoms with van der Waals surface area (Å²) in [6, 6.07) is 4.74. The lowest BCUT2D eigenvalue weighted by molar-refractivity contribution is 0.0984. The lowest BCUT2D eigenvalue weighted by Gasteiger charge is -2.02. The van der Waals surface area contributed by atoms with Crippen molar-refractivity contribution < 1.29 is 13.6 Å². The van der Waals surface area contributed by atoms with E-state index in [0.29, 0.717) is 11.3 Å². The molecule has 0 fully saturated rings. The molecule has 2 aromatic rings. The Labute approximate surface area is 103 Å². The summed E-state index contributed by atoms with van der Waals surface area (Å²) in [5.41, 5.74) is 1.47. The monoisotopic (exact) mass is 250 g/mol. The first-order chi connectivity index (χ1) is 8.45. The molecule has 0 aliphatic heterocycles. The zero-order valence-corrected chi connectivity index (χ0v) is 10.1. The molecule has 2 rings (SSSR count). The number of carbonyl (C=O) groups is 1. The Kier molecular flexibility index (Phi) is 3.23. The number of halogens is 2. The molecule has 1 aromatic heterocycles. The summed E-state index contributed by atoms with van der Waals surface area (Å²) in [7, 11) is 1.66. The molecule has 0 saturated heterocycles. The van der Waals surface area contributed by atoms with Gasteiger partial charge in [0.2, 0.25) is 0 Å². The van der Waals surface area contributed by atoms with E-state index in [0.717, 1.165) is 23.9 Å². The van der Waals surface area contributed by atoms with E-state index in [2.05, 4.69) is 5.10 Å². The standard InChI is InChI=1S/C13H12F2N2O/c1-8-3-12(17(2)16-8)13(18)6-9-4-10(14)7-11(15)5-9/h3-5,7H,6H2,1-2H3. The number of carbonyl (C=O) groups excluding carboxylic acids is 1. The number of hydrogen-bond donors (Lipinski definition) is 0. The fourth-order valence-electron chi connectivity index (χ4n) is 1.86. The largest absolute Gasteiger partial charge is 0.292 e. The average Bonchev–Trinajstić information content (AvgIpc) is 2.56. The third kappa shape index (κ3) is 2.61. The zero-order valence-electron chi connectivity index (χ0n) is 10.1. The molecule has 18 heavy (non-hydrogen) atoms. The fraction of sp³-hybridized carbons (Fsp3) is 0.231. The van der Waals surface area contributed by atoms with Gasteiger partial charge in [0.05, 0.1) is 5.69 Å². The molecule has 3 nitrogen and oxygen atoms in total. The van der Waals surface area contributed by atoms with E-state index in [1.807, 2.05) is 0 Å². The second kappa shape index (κ2) is 4.68. The molecule has 0 aliphatic carbocycles. The number of ketones is 1. The minimum absolute atomic E-state index is 0.0480. The second-order valence-electron chi connectivity index (χ2n) is 4.17. The maximum atomic E-state index is 13.0. The van der Waals surface area contributed by atoms with E-state index in [4.69, 9.17) is 0 Å². The van der Waals surface area contributed by atoms with E-state index in [1.165, 1.54) is 4.68 Å². The summed E-state index contributed by atoms with van der Waals surface area (Å²) in [4.78, 5) is 12.0. The highest BCUT2D eigenvalue weighted by Gasteiger charge is 2.13. The predicted octanol–water partition coefficient (Wildman–Crippen LogP) is 2.43. The maximum absolute atomic E-state index is 13.0. The van der Waals surface area contributed by atoms with Crippen molar-refractivity contribution in [1.29, 1.82) is 0 Å². The Hall–Kier alpha value is -2.04. The molecule has 0 N–H and O–H groups in total. The first kappa shape index (κ1) is 12.4. The van der Waals surface area contributed by atoms with E-state index in [9.17, 15) is 13.6 Å². The quantitative estimate of drug-likeness (QED) is 0.784. The Morgan fingerprint density at radius 3 is 2.33 bits per heavy atom. The molecule has 0 saturated carbocycles. The lowest BCUT2D eigenvalue weighted by atomic mass is 10.1. The molecule has 0 radical (unpaired) electrons. The van der Waals surface area contributed by atoms with Crippen molar-refractivity contribution in [1.82, 2.24) is 9.78 Å². The van der Waals surface area contributed by atoms with Crippen LogP contribution in [0.3, 0.4) is 0 Å². The highest BCUT2D eigenvalue weighted by molar-refractivity contribution is 5.96. The van der Waals surface area contributed by atoms with Crippen molar-refractivity contribution in [2.45, 2.75) is 13.3 Å². The summed E-state index contributed by atoms with van der Waals surface area (Å²) in [5, 5.41) is 4.06. The van der Waals surface area contributed by atoms with Gasteiger partial charge < -0.3 is 0 Å². The van der Waals surface area contributed by atoms with Crippen molar-refractivity contribution in [3.8, 4) is 0 Å². The van der Waals surface area contributed by atoms with Crippen molar-refractivity contribution in [2.75, 3.05) is 0 Å². The van der Waals surface area contributed by atoms with Gasteiger partial charge in [-0.25, -0.2) is 8.78 Å². The summed E-state index contributed by atoms with van der Waals surface area (Å²) in [5.74, 6) is -1.58. The van der Waals surface area contributed by atoms with Gasteiger partial charge in [-0.2, -0.15) is 5.10 Å². The zero-order chi connectivity index (χ0) is 13.3. The van der Waals surface area contributed by atoms with Gasteiger partial charge in [-0.05, 0) is 30.7 Å². The van der Waals surface area contributed by atoms with Crippen LogP contribution in [0.1, 0.15) is 21.7 Å². The van der Waals surface area contributed by atoms with Gasteiger partial charge in [-0.3, -0.25) is 9.48 Å². The van der Waals surface area contributed by atoms with Crippen molar-refractivity contribution >= 4 is 5.78 Å². The van der Waals surface area contributed by atoms with Crippen LogP contribution in [0.25, 0.3) is 0 Å². The van der Waals surface area contributed by atoms with Crippen molar-refractivity contribution in [2.24, 2.45) is 7.05 Å². The number of aromatic nitrogens is 2. The Morgan fingerprint density at radius 1 is 1.22 bits per heavy atom. The number of aryl methyl sites for hydroxylation is 2. The molecule has 5 heteroatoms. The third-order valence-corrected chi connectivity index (χ3v) is 2.57. The molecule has 0 aliphatic rings. The van der Waals surface area contributed by atoms with Crippen LogP contribution in [0, 0.1) is 18.6 Å². The van der Waals surface area contributed by atoms with Crippen LogP contribution < -0.4 is 0 Å². The highest BCUT2D eigenvalue weighted by atomic mass is 19.1. The number of rotatable bonds is 3. The minimum atomic E-state index is -0.681. The summed E-state index contributed by atoms with van der Waals surface area (Å²) in [6.07, 6.45) is -0.0480. The molecule has 0 amide bonds. The second-order valence-corrected chi connectivity index (χ2v) is 4.17. The van der Waals surface area contributed by atoms with Gasteiger partial charge in [0.15, 0.2) is 5.78 Å². The summed E-state index contributed by atoms with van der Waals surface area (Å²) >= 11 is 0. The Balaban J connectivity index is 2.23. The first-order valence-corrected chi connectivity index (χ1v) is 5.44. The molecule has 94 valence electrons. The SMILES string of the molecule is Cc1cc(C(=O)Cc2cc(F)cc(F)c2)n(C)n1. The van der Waals surface area contributed by atoms with Crippen LogP contribution in [-0.4, -0.2) is 15.6 Å². The molecule has 0 spiro atoms. The molecular weight excluding hydrogens is 238 g/mol. The Morgan fingerprint density at radius 2 is 1.83 bits per heavy atom. The van der Waals surface area contributed by atoms with Crippen LogP contribution in [0.15, 0.2) is 24.3 Å². The summed E-state index contributed by atoms with van der Waals surface area (Å²) < 4.78 is 27.5. The van der Waals surface area contributed by atoms with E-state index < -0.39 is 11.6 Å². The Bertz CT molecular complexity index is 585. The number of nitrogens with zero attached hydrogens (tertiary/aromatic N) is 2. The molecule has 0 unspecified atom stereocenters. The highest BCUT2D eigenvalue weighted by Crippen LogP contribution is 2.12. The van der Waals surface area contributed by atoms with Gasteiger partial charge in [0.25, 0.3) is 0 Å². The number of benzene rings is 1. The van der Waals surface area contributed by atoms with Crippen LogP contribution in [-0.2, 0) is 13.5 Å². The van der Waals surface area contributed by atoms with Crippen LogP contribution in [0.2, 0.25) is 0 Å². The van der Waals surface area contributed by atoms with E-state index in [1.54, 1.807) is 20.0 Å². The molecule has 0 atom stereocenters. The first-order valence-electron chi connectivity index (χ1n) is 5.44. The van der Waals surface area contributed by atoms with Crippen LogP contribution in [0.4, 0.5) is 8.78 Å². The van der Waals surface area contributed by atoms with Gasteiger partial charge in [0.1, 0.15) is 17.3 Å². The van der Waals surface area contributed by atoms with Crippen molar-refractivity contribution in [3.63, 3.8) is 0 Å². The fourth-order valence-corrected chi connectivity index (χ4v) is 1.86. The van der Waals surface area contributed by atoms with Crippen LogP contribution >= 0.6 is 0 Å². The van der Waals surface area contributed by atoms with Gasteiger partial charge in [-0.15, -0.1) is 0 Å². The molecule has 1 aromatic carbocycles. The molecule has 0 bridgehead atoms. The average molecular weight is 250 g/mol. The predicted molar refractivity (Wildman–Crippen MR) is 62.3 cm³/mol. The molecular formula is C13H12F2N2O. The van der Waals surface area contributed by atoms with Gasteiger partial charge >= 0.3 is 0 Å². The smallest absolute Gasteiger partial charge is 0.185 e. The molecule has 1 heterocycles. The van der Waals surface area contributed by atoms with E-state index in [-0.39, 0.29) is 12.2 Å². The maximum Gasteiger partial charge on any atom is 0.185 e. The lowest BCUT2D eigenvalue weighted by Crippen LogP contribution is -2.10. The third-order valence-electron chi connectivity index (χ3n) is 2.57. The topological polar surface area (TPSA) is 34.9 Å². The van der Waals surface area contributed by atoms with Gasteiger partial charge in [-0.1, -0.05) is 0 Å². The van der Waals surface area contributed by atoms with Crippen molar-refractivity contribution in [3.05, 3.63) is 52.9 Å². The van der Waals surface area contributed by atoms with E-state index >= 15 is 0 Å². The number of Topliss-reactive ketones (excluding diaryl/α,β-unsaturated/α-hetero) is 1. The number of hydrogen-bond acceptors (Lipinski definition) is 2. The van der Waals surface area contributed by atoms with Crippen LogP contribution in [0.5, 0.6) is 0 Å². The normalized spacial score (nSPS) is 10.7. The van der Waals surface area contributed by atoms with Gasteiger partial charge in [0, 0.05) is 19.5 Å².